The van der Waals surface area contributed by atoms with Crippen molar-refractivity contribution in [1.82, 2.24) is 14.6 Å². The first kappa shape index (κ1) is 13.9. The molecule has 9 heteroatoms. The Bertz CT molecular complexity index is 883. The largest absolute Gasteiger partial charge is 0.324 e. The fraction of sp³-hybridized carbons (Fsp3) is 0. The number of amides is 1. The van der Waals surface area contributed by atoms with Crippen LogP contribution < -0.4 is 5.32 Å². The Kier molecular flexibility index (Phi) is 3.62. The molecule has 8 nitrogen and oxygen atoms in total. The molecule has 1 amide bonds. The highest BCUT2D eigenvalue weighted by atomic mass is 32.1. The van der Waals surface area contributed by atoms with Gasteiger partial charge in [-0.1, -0.05) is 11.3 Å². The summed E-state index contributed by atoms with van der Waals surface area (Å²) < 4.78 is 1.68. The number of nitrogens with one attached hydrogen (secondary N) is 1. The van der Waals surface area contributed by atoms with Crippen LogP contribution in [0, 0.1) is 10.1 Å². The van der Waals surface area contributed by atoms with E-state index in [1.165, 1.54) is 24.5 Å². The van der Waals surface area contributed by atoms with Crippen molar-refractivity contribution in [2.75, 3.05) is 5.32 Å². The topological polar surface area (TPSA) is 102 Å². The van der Waals surface area contributed by atoms with Crippen LogP contribution in [0.2, 0.25) is 0 Å². The molecule has 0 radical (unpaired) electrons. The summed E-state index contributed by atoms with van der Waals surface area (Å²) in [6, 6.07) is 6.44. The molecule has 0 aromatic carbocycles. The minimum absolute atomic E-state index is 0.0399. The Morgan fingerprint density at radius 2 is 2.23 bits per heavy atom. The van der Waals surface area contributed by atoms with E-state index in [0.29, 0.717) is 16.2 Å². The number of hydrogen-bond donors (Lipinski definition) is 1. The molecular formula is C13H9N5O3S. The second-order valence-corrected chi connectivity index (χ2v) is 5.36. The maximum absolute atomic E-state index is 11.8. The van der Waals surface area contributed by atoms with Crippen LogP contribution in [0.25, 0.3) is 11.7 Å². The highest BCUT2D eigenvalue weighted by Gasteiger charge is 2.08. The van der Waals surface area contributed by atoms with Crippen LogP contribution in [-0.2, 0) is 4.79 Å². The lowest BCUT2D eigenvalue weighted by atomic mass is 10.3. The quantitative estimate of drug-likeness (QED) is 0.452. The molecule has 0 spiro atoms. The van der Waals surface area contributed by atoms with Crippen molar-refractivity contribution < 1.29 is 9.72 Å². The summed E-state index contributed by atoms with van der Waals surface area (Å²) in [6.45, 7) is 0. The summed E-state index contributed by atoms with van der Waals surface area (Å²) in [5.41, 5.74) is 1.28. The lowest BCUT2D eigenvalue weighted by molar-refractivity contribution is -0.380. The van der Waals surface area contributed by atoms with Crippen molar-refractivity contribution in [3.05, 3.63) is 57.9 Å². The zero-order valence-electron chi connectivity index (χ0n) is 11.0. The molecule has 0 aliphatic heterocycles. The monoisotopic (exact) mass is 315 g/mol. The minimum atomic E-state index is -0.462. The van der Waals surface area contributed by atoms with E-state index < -0.39 is 4.92 Å². The summed E-state index contributed by atoms with van der Waals surface area (Å²) in [6.07, 6.45) is 6.08. The smallest absolute Gasteiger partial charge is 0.321 e. The molecule has 0 unspecified atom stereocenters. The van der Waals surface area contributed by atoms with Crippen molar-refractivity contribution in [3.8, 4) is 0 Å². The van der Waals surface area contributed by atoms with E-state index in [2.05, 4.69) is 15.5 Å². The maximum Gasteiger partial charge on any atom is 0.324 e. The Labute approximate surface area is 127 Å². The first-order valence-corrected chi connectivity index (χ1v) is 6.96. The highest BCUT2D eigenvalue weighted by Crippen LogP contribution is 2.24. The first-order valence-electron chi connectivity index (χ1n) is 6.14. The number of pyridine rings is 1. The predicted octanol–water partition coefficient (Wildman–Crippen LogP) is 2.35. The van der Waals surface area contributed by atoms with Gasteiger partial charge in [0, 0.05) is 23.2 Å². The van der Waals surface area contributed by atoms with Crippen molar-refractivity contribution in [2.24, 2.45) is 0 Å². The van der Waals surface area contributed by atoms with Gasteiger partial charge in [-0.15, -0.1) is 10.2 Å². The van der Waals surface area contributed by atoms with Gasteiger partial charge in [0.25, 0.3) is 0 Å². The van der Waals surface area contributed by atoms with Crippen LogP contribution in [0.3, 0.4) is 0 Å². The van der Waals surface area contributed by atoms with Gasteiger partial charge in [-0.2, -0.15) is 0 Å². The van der Waals surface area contributed by atoms with Crippen molar-refractivity contribution in [2.45, 2.75) is 0 Å². The molecule has 0 bridgehead atoms. The Morgan fingerprint density at radius 3 is 3.00 bits per heavy atom. The maximum atomic E-state index is 11.8. The second-order valence-electron chi connectivity index (χ2n) is 4.27. The Hall–Kier alpha value is -3.07. The lowest BCUT2D eigenvalue weighted by Crippen LogP contribution is -2.08. The fourth-order valence-electron chi connectivity index (χ4n) is 1.77. The number of carbonyl (C=O) groups excluding carboxylic acids is 1. The molecule has 0 saturated heterocycles. The summed E-state index contributed by atoms with van der Waals surface area (Å²) in [4.78, 5) is 22.6. The molecule has 0 aliphatic carbocycles. The van der Waals surface area contributed by atoms with Crippen LogP contribution in [-0.4, -0.2) is 25.4 Å². The lowest BCUT2D eigenvalue weighted by Gasteiger charge is -2.02. The van der Waals surface area contributed by atoms with Gasteiger partial charge in [-0.25, -0.2) is 0 Å². The van der Waals surface area contributed by atoms with Gasteiger partial charge in [-0.05, 0) is 24.3 Å². The molecule has 3 rings (SSSR count). The van der Waals surface area contributed by atoms with Gasteiger partial charge in [0.1, 0.15) is 6.33 Å². The first-order chi connectivity index (χ1) is 10.6. The molecular weight excluding hydrogens is 306 g/mol. The van der Waals surface area contributed by atoms with E-state index in [1.54, 1.807) is 28.8 Å². The molecule has 1 N–H and O–H groups in total. The zero-order chi connectivity index (χ0) is 15.5. The molecule has 3 aromatic rings. The average molecular weight is 315 g/mol. The van der Waals surface area contributed by atoms with Gasteiger partial charge >= 0.3 is 5.00 Å². The standard InChI is InChI=1S/C13H9N5O3S/c19-12(5-2-10-3-6-13(22-10)18(20)21)15-9-1-4-11-16-14-8-17(11)7-9/h1-8H,(H,15,19)/b5-2+. The number of fused-ring (bicyclic) bond motifs is 1. The van der Waals surface area contributed by atoms with Crippen molar-refractivity contribution in [3.63, 3.8) is 0 Å². The molecule has 0 saturated carbocycles. The minimum Gasteiger partial charge on any atom is -0.321 e. The van der Waals surface area contributed by atoms with Crippen molar-refractivity contribution >= 4 is 39.7 Å². The third kappa shape index (κ3) is 2.99. The van der Waals surface area contributed by atoms with Crippen molar-refractivity contribution in [1.29, 1.82) is 0 Å². The fourth-order valence-corrected chi connectivity index (χ4v) is 2.50. The zero-order valence-corrected chi connectivity index (χ0v) is 11.9. The SMILES string of the molecule is O=C(/C=C/c1ccc([N+](=O)[O-])s1)Nc1ccc2nncn2c1. The van der Waals surface area contributed by atoms with E-state index in [-0.39, 0.29) is 10.9 Å². The number of anilines is 1. The van der Waals surface area contributed by atoms with Crippen LogP contribution in [0.4, 0.5) is 10.7 Å². The average Bonchev–Trinajstić information content (AvgIpc) is 3.13. The predicted molar refractivity (Wildman–Crippen MR) is 81.6 cm³/mol. The third-order valence-corrected chi connectivity index (χ3v) is 3.75. The molecule has 0 atom stereocenters. The number of carbonyl (C=O) groups is 1. The number of thiophene rings is 1. The number of aromatic nitrogens is 3. The van der Waals surface area contributed by atoms with Crippen LogP contribution in [0.1, 0.15) is 4.88 Å². The normalized spacial score (nSPS) is 11.1. The van der Waals surface area contributed by atoms with Gasteiger partial charge in [0.05, 0.1) is 10.6 Å². The second kappa shape index (κ2) is 5.74. The Balaban J connectivity index is 1.68. The van der Waals surface area contributed by atoms with E-state index >= 15 is 0 Å². The van der Waals surface area contributed by atoms with E-state index in [0.717, 1.165) is 11.3 Å². The number of hydrogen-bond acceptors (Lipinski definition) is 6. The number of nitrogens with zero attached hydrogens (tertiary/aromatic N) is 4. The third-order valence-electron chi connectivity index (χ3n) is 2.75. The van der Waals surface area contributed by atoms with Gasteiger partial charge in [0.15, 0.2) is 5.65 Å². The molecule has 0 fully saturated rings. The van der Waals surface area contributed by atoms with E-state index in [9.17, 15) is 14.9 Å². The molecule has 3 aromatic heterocycles. The summed E-state index contributed by atoms with van der Waals surface area (Å²) >= 11 is 1.01. The number of nitro groups is 1. The van der Waals surface area contributed by atoms with Gasteiger partial charge in [-0.3, -0.25) is 19.3 Å². The van der Waals surface area contributed by atoms with Gasteiger partial charge < -0.3 is 5.32 Å². The molecule has 3 heterocycles. The number of rotatable bonds is 4. The van der Waals surface area contributed by atoms with Gasteiger partial charge in [0.2, 0.25) is 5.91 Å². The van der Waals surface area contributed by atoms with Crippen LogP contribution >= 0.6 is 11.3 Å². The summed E-state index contributed by atoms with van der Waals surface area (Å²) in [5.74, 6) is -0.330. The molecule has 0 aliphatic rings. The summed E-state index contributed by atoms with van der Waals surface area (Å²) in [7, 11) is 0. The summed E-state index contributed by atoms with van der Waals surface area (Å²) in [5, 5.41) is 20.9. The van der Waals surface area contributed by atoms with Crippen LogP contribution in [0.5, 0.6) is 0 Å². The van der Waals surface area contributed by atoms with Crippen LogP contribution in [0.15, 0.2) is 42.9 Å². The molecule has 110 valence electrons. The molecule has 22 heavy (non-hydrogen) atoms. The van der Waals surface area contributed by atoms with E-state index in [1.807, 2.05) is 0 Å². The van der Waals surface area contributed by atoms with E-state index in [4.69, 9.17) is 0 Å². The highest BCUT2D eigenvalue weighted by molar-refractivity contribution is 7.16. The Morgan fingerprint density at radius 1 is 1.36 bits per heavy atom.